The van der Waals surface area contributed by atoms with Crippen molar-refractivity contribution in [3.05, 3.63) is 54.4 Å². The highest BCUT2D eigenvalue weighted by molar-refractivity contribution is 6.03. The fraction of sp³-hybridized carbons (Fsp3) is 0.316. The van der Waals surface area contributed by atoms with Gasteiger partial charge >= 0.3 is 0 Å². The Morgan fingerprint density at radius 1 is 1.04 bits per heavy atom. The van der Waals surface area contributed by atoms with Gasteiger partial charge in [0, 0.05) is 43.4 Å². The van der Waals surface area contributed by atoms with E-state index in [0.29, 0.717) is 12.2 Å². The van der Waals surface area contributed by atoms with Crippen LogP contribution in [0.5, 0.6) is 0 Å². The molecule has 1 aliphatic rings. The molecule has 1 aromatic carbocycles. The monoisotopic (exact) mass is 338 g/mol. The summed E-state index contributed by atoms with van der Waals surface area (Å²) < 4.78 is 0. The molecule has 0 bridgehead atoms. The lowest BCUT2D eigenvalue weighted by molar-refractivity contribution is -0.126. The summed E-state index contributed by atoms with van der Waals surface area (Å²) in [7, 11) is 0. The normalized spacial score (nSPS) is 13.5. The maximum Gasteiger partial charge on any atom is 0.233 e. The Morgan fingerprint density at radius 2 is 1.80 bits per heavy atom. The second kappa shape index (κ2) is 8.28. The number of benzene rings is 1. The van der Waals surface area contributed by atoms with E-state index in [9.17, 15) is 9.59 Å². The molecule has 0 spiro atoms. The number of aromatic nitrogens is 1. The summed E-state index contributed by atoms with van der Waals surface area (Å²) in [6.07, 6.45) is 5.61. The highest BCUT2D eigenvalue weighted by Gasteiger charge is 2.13. The average Bonchev–Trinajstić information content (AvgIpc) is 3.16. The van der Waals surface area contributed by atoms with Crippen LogP contribution in [0.3, 0.4) is 0 Å². The zero-order valence-electron chi connectivity index (χ0n) is 14.1. The van der Waals surface area contributed by atoms with Gasteiger partial charge in [0.25, 0.3) is 0 Å². The minimum atomic E-state index is -0.322. The molecule has 2 heterocycles. The Kier molecular flexibility index (Phi) is 5.61. The van der Waals surface area contributed by atoms with Crippen LogP contribution in [0.25, 0.3) is 0 Å². The van der Waals surface area contributed by atoms with Crippen LogP contribution in [0.15, 0.2) is 48.8 Å². The summed E-state index contributed by atoms with van der Waals surface area (Å²) in [5.41, 5.74) is 2.77. The second-order valence-electron chi connectivity index (χ2n) is 6.10. The van der Waals surface area contributed by atoms with Gasteiger partial charge in [-0.15, -0.1) is 0 Å². The van der Waals surface area contributed by atoms with Crippen LogP contribution in [-0.4, -0.2) is 29.9 Å². The van der Waals surface area contributed by atoms with Gasteiger partial charge in [-0.2, -0.15) is 0 Å². The lowest BCUT2D eigenvalue weighted by atomic mass is 10.2. The van der Waals surface area contributed by atoms with Gasteiger partial charge in [-0.25, -0.2) is 0 Å². The van der Waals surface area contributed by atoms with E-state index in [0.717, 1.165) is 18.7 Å². The first kappa shape index (κ1) is 17.0. The van der Waals surface area contributed by atoms with Crippen molar-refractivity contribution in [3.8, 4) is 0 Å². The Labute approximate surface area is 147 Å². The Hall–Kier alpha value is -2.89. The van der Waals surface area contributed by atoms with Crippen LogP contribution in [0.4, 0.5) is 11.4 Å². The molecule has 0 atom stereocenters. The minimum Gasteiger partial charge on any atom is -0.372 e. The number of carbonyl (C=O) groups is 2. The zero-order chi connectivity index (χ0) is 17.5. The summed E-state index contributed by atoms with van der Waals surface area (Å²) in [5.74, 6) is -0.632. The van der Waals surface area contributed by atoms with Gasteiger partial charge in [0.15, 0.2) is 0 Å². The summed E-state index contributed by atoms with van der Waals surface area (Å²) in [4.78, 5) is 30.1. The molecular weight excluding hydrogens is 316 g/mol. The third-order valence-corrected chi connectivity index (χ3v) is 4.16. The van der Waals surface area contributed by atoms with Crippen molar-refractivity contribution < 1.29 is 9.59 Å². The van der Waals surface area contributed by atoms with E-state index in [1.807, 2.05) is 30.3 Å². The first-order chi connectivity index (χ1) is 12.2. The third kappa shape index (κ3) is 5.04. The van der Waals surface area contributed by atoms with Crippen molar-refractivity contribution in [2.75, 3.05) is 23.3 Å². The van der Waals surface area contributed by atoms with Gasteiger partial charge in [0.1, 0.15) is 6.42 Å². The highest BCUT2D eigenvalue weighted by atomic mass is 16.2. The molecule has 0 radical (unpaired) electrons. The van der Waals surface area contributed by atoms with Crippen LogP contribution in [0.1, 0.15) is 24.8 Å². The number of nitrogens with zero attached hydrogens (tertiary/aromatic N) is 2. The molecule has 1 saturated heterocycles. The van der Waals surface area contributed by atoms with Crippen molar-refractivity contribution in [2.24, 2.45) is 0 Å². The van der Waals surface area contributed by atoms with Crippen LogP contribution in [0.2, 0.25) is 0 Å². The van der Waals surface area contributed by atoms with Crippen molar-refractivity contribution in [1.82, 2.24) is 10.3 Å². The largest absolute Gasteiger partial charge is 0.372 e. The Bertz CT molecular complexity index is 710. The van der Waals surface area contributed by atoms with Crippen molar-refractivity contribution in [2.45, 2.75) is 25.8 Å². The molecule has 0 aliphatic carbocycles. The van der Waals surface area contributed by atoms with E-state index in [2.05, 4.69) is 20.5 Å². The van der Waals surface area contributed by atoms with Gasteiger partial charge in [-0.1, -0.05) is 6.07 Å². The maximum atomic E-state index is 12.0. The lowest BCUT2D eigenvalue weighted by Crippen LogP contribution is -2.27. The van der Waals surface area contributed by atoms with Crippen LogP contribution < -0.4 is 15.5 Å². The standard InChI is InChI=1S/C19H22N4O2/c24-18(21-14-15-4-3-9-20-13-15)12-19(25)22-16-5-7-17(8-6-16)23-10-1-2-11-23/h3-9,13H,1-2,10-12,14H2,(H,21,24)(H,22,25). The van der Waals surface area contributed by atoms with E-state index in [-0.39, 0.29) is 18.2 Å². The first-order valence-electron chi connectivity index (χ1n) is 8.51. The molecule has 3 rings (SSSR count). The molecule has 6 nitrogen and oxygen atoms in total. The summed E-state index contributed by atoms with van der Waals surface area (Å²) in [6.45, 7) is 2.54. The predicted octanol–water partition coefficient (Wildman–Crippen LogP) is 2.33. The van der Waals surface area contributed by atoms with Gasteiger partial charge in [0.2, 0.25) is 11.8 Å². The van der Waals surface area contributed by atoms with Crippen LogP contribution in [-0.2, 0) is 16.1 Å². The second-order valence-corrected chi connectivity index (χ2v) is 6.10. The van der Waals surface area contributed by atoms with Crippen LogP contribution in [0, 0.1) is 0 Å². The Balaban J connectivity index is 1.44. The average molecular weight is 338 g/mol. The van der Waals surface area contributed by atoms with E-state index in [4.69, 9.17) is 0 Å². The summed E-state index contributed by atoms with van der Waals surface area (Å²) in [6, 6.07) is 11.4. The fourth-order valence-electron chi connectivity index (χ4n) is 2.85. The molecular formula is C19H22N4O2. The number of rotatable bonds is 6. The SMILES string of the molecule is O=C(CC(=O)Nc1ccc(N2CCCC2)cc1)NCc1cccnc1. The highest BCUT2D eigenvalue weighted by Crippen LogP contribution is 2.22. The molecule has 0 saturated carbocycles. The smallest absolute Gasteiger partial charge is 0.233 e. The maximum absolute atomic E-state index is 12.0. The van der Waals surface area contributed by atoms with E-state index >= 15 is 0 Å². The molecule has 1 aliphatic heterocycles. The number of hydrogen-bond donors (Lipinski definition) is 2. The van der Waals surface area contributed by atoms with E-state index in [1.165, 1.54) is 18.5 Å². The number of hydrogen-bond acceptors (Lipinski definition) is 4. The summed E-state index contributed by atoms with van der Waals surface area (Å²) >= 11 is 0. The predicted molar refractivity (Wildman–Crippen MR) is 97.2 cm³/mol. The third-order valence-electron chi connectivity index (χ3n) is 4.16. The van der Waals surface area contributed by atoms with E-state index < -0.39 is 0 Å². The zero-order valence-corrected chi connectivity index (χ0v) is 14.1. The fourth-order valence-corrected chi connectivity index (χ4v) is 2.85. The summed E-state index contributed by atoms with van der Waals surface area (Å²) in [5, 5.41) is 5.47. The molecule has 2 N–H and O–H groups in total. The molecule has 1 aromatic heterocycles. The molecule has 6 heteroatoms. The van der Waals surface area contributed by atoms with Gasteiger partial charge < -0.3 is 15.5 Å². The van der Waals surface area contributed by atoms with Crippen molar-refractivity contribution >= 4 is 23.2 Å². The van der Waals surface area contributed by atoms with Gasteiger partial charge in [-0.05, 0) is 48.7 Å². The molecule has 130 valence electrons. The molecule has 2 aromatic rings. The van der Waals surface area contributed by atoms with Crippen LogP contribution >= 0.6 is 0 Å². The van der Waals surface area contributed by atoms with Gasteiger partial charge in [-0.3, -0.25) is 14.6 Å². The molecule has 1 fully saturated rings. The van der Waals surface area contributed by atoms with E-state index in [1.54, 1.807) is 18.5 Å². The quantitative estimate of drug-likeness (QED) is 0.793. The lowest BCUT2D eigenvalue weighted by Gasteiger charge is -2.17. The number of nitrogens with one attached hydrogen (secondary N) is 2. The Morgan fingerprint density at radius 3 is 2.48 bits per heavy atom. The van der Waals surface area contributed by atoms with Crippen molar-refractivity contribution in [1.29, 1.82) is 0 Å². The number of amides is 2. The molecule has 0 unspecified atom stereocenters. The topological polar surface area (TPSA) is 74.3 Å². The number of carbonyl (C=O) groups excluding carboxylic acids is 2. The minimum absolute atomic E-state index is 0.200. The molecule has 25 heavy (non-hydrogen) atoms. The first-order valence-corrected chi connectivity index (χ1v) is 8.51. The van der Waals surface area contributed by atoms with Crippen molar-refractivity contribution in [3.63, 3.8) is 0 Å². The van der Waals surface area contributed by atoms with Gasteiger partial charge in [0.05, 0.1) is 0 Å². The number of anilines is 2. The molecule has 2 amide bonds. The number of pyridine rings is 1.